The second-order valence-corrected chi connectivity index (χ2v) is 3.81. The van der Waals surface area contributed by atoms with Crippen LogP contribution in [0.4, 0.5) is 0 Å². The van der Waals surface area contributed by atoms with E-state index in [0.717, 1.165) is 5.70 Å². The predicted molar refractivity (Wildman–Crippen MR) is 61.0 cm³/mol. The summed E-state index contributed by atoms with van der Waals surface area (Å²) in [6, 6.07) is 0.601. The summed E-state index contributed by atoms with van der Waals surface area (Å²) in [7, 11) is 4.08. The fourth-order valence-corrected chi connectivity index (χ4v) is 1.70. The molecule has 2 N–H and O–H groups in total. The van der Waals surface area contributed by atoms with Crippen LogP contribution in [0.5, 0.6) is 0 Å². The van der Waals surface area contributed by atoms with E-state index in [1.807, 2.05) is 19.3 Å². The minimum atomic E-state index is 0.601. The Labute approximate surface area is 86.9 Å². The number of piperidine rings is 1. The summed E-state index contributed by atoms with van der Waals surface area (Å²) in [6.45, 7) is 6.14. The Kier molecular flexibility index (Phi) is 4.53. The van der Waals surface area contributed by atoms with Crippen molar-refractivity contribution >= 4 is 0 Å². The number of allylic oxidation sites excluding steroid dienone is 1. The van der Waals surface area contributed by atoms with E-state index in [1.54, 1.807) is 0 Å². The number of nitrogens with one attached hydrogen (secondary N) is 2. The molecule has 0 atom stereocenters. The van der Waals surface area contributed by atoms with Gasteiger partial charge in [-0.15, -0.1) is 0 Å². The summed E-state index contributed by atoms with van der Waals surface area (Å²) in [5, 5.41) is 6.49. The Balaban J connectivity index is 2.36. The fourth-order valence-electron chi connectivity index (χ4n) is 1.70. The van der Waals surface area contributed by atoms with Crippen LogP contribution in [0.2, 0.25) is 0 Å². The van der Waals surface area contributed by atoms with Gasteiger partial charge in [-0.2, -0.15) is 0 Å². The maximum Gasteiger partial charge on any atom is 0.0495 e. The zero-order chi connectivity index (χ0) is 10.4. The van der Waals surface area contributed by atoms with Gasteiger partial charge in [0.25, 0.3) is 0 Å². The van der Waals surface area contributed by atoms with Crippen LogP contribution >= 0.6 is 0 Å². The van der Waals surface area contributed by atoms with Gasteiger partial charge in [-0.3, -0.25) is 0 Å². The lowest BCUT2D eigenvalue weighted by molar-refractivity contribution is 0.242. The second-order valence-electron chi connectivity index (χ2n) is 3.81. The highest BCUT2D eigenvalue weighted by molar-refractivity contribution is 5.14. The van der Waals surface area contributed by atoms with Crippen molar-refractivity contribution in [3.8, 4) is 0 Å². The first kappa shape index (κ1) is 11.1. The molecule has 0 spiro atoms. The molecule has 0 aromatic heterocycles. The monoisotopic (exact) mass is 195 g/mol. The first-order valence-corrected chi connectivity index (χ1v) is 5.21. The second kappa shape index (κ2) is 5.70. The van der Waals surface area contributed by atoms with Crippen molar-refractivity contribution in [3.63, 3.8) is 0 Å². The van der Waals surface area contributed by atoms with Gasteiger partial charge >= 0.3 is 0 Å². The molecule has 14 heavy (non-hydrogen) atoms. The third kappa shape index (κ3) is 3.42. The highest BCUT2D eigenvalue weighted by atomic mass is 15.1. The summed E-state index contributed by atoms with van der Waals surface area (Å²) in [5.41, 5.74) is 1.09. The van der Waals surface area contributed by atoms with E-state index in [1.165, 1.54) is 25.9 Å². The largest absolute Gasteiger partial charge is 0.392 e. The molecule has 80 valence electrons. The van der Waals surface area contributed by atoms with Crippen LogP contribution in [-0.4, -0.2) is 38.1 Å². The quantitative estimate of drug-likeness (QED) is 0.653. The Hall–Kier alpha value is -0.960. The summed E-state index contributed by atoms with van der Waals surface area (Å²) in [4.78, 5) is 2.37. The van der Waals surface area contributed by atoms with Crippen LogP contribution in [0.15, 0.2) is 24.6 Å². The average Bonchev–Trinajstić information content (AvgIpc) is 2.20. The predicted octanol–water partition coefficient (Wildman–Crippen LogP) is 0.917. The van der Waals surface area contributed by atoms with Gasteiger partial charge in [0.1, 0.15) is 0 Å². The van der Waals surface area contributed by atoms with E-state index < -0.39 is 0 Å². The molecule has 0 amide bonds. The van der Waals surface area contributed by atoms with Crippen molar-refractivity contribution in [2.24, 2.45) is 0 Å². The number of rotatable bonds is 4. The summed E-state index contributed by atoms with van der Waals surface area (Å²) in [5.74, 6) is 0. The molecule has 0 aromatic carbocycles. The smallest absolute Gasteiger partial charge is 0.0495 e. The molecule has 3 nitrogen and oxygen atoms in total. The van der Waals surface area contributed by atoms with Gasteiger partial charge in [0.15, 0.2) is 0 Å². The van der Waals surface area contributed by atoms with Crippen LogP contribution < -0.4 is 10.6 Å². The topological polar surface area (TPSA) is 27.3 Å². The van der Waals surface area contributed by atoms with Crippen molar-refractivity contribution in [3.05, 3.63) is 24.6 Å². The van der Waals surface area contributed by atoms with Crippen molar-refractivity contribution in [2.75, 3.05) is 27.2 Å². The van der Waals surface area contributed by atoms with Gasteiger partial charge in [0, 0.05) is 25.0 Å². The molecule has 1 heterocycles. The number of hydrogen-bond acceptors (Lipinski definition) is 3. The molecule has 0 saturated carbocycles. The van der Waals surface area contributed by atoms with Crippen molar-refractivity contribution in [1.82, 2.24) is 15.5 Å². The Morgan fingerprint density at radius 3 is 2.57 bits per heavy atom. The highest BCUT2D eigenvalue weighted by Gasteiger charge is 2.15. The number of nitrogens with zero attached hydrogens (tertiary/aromatic N) is 1. The van der Waals surface area contributed by atoms with E-state index in [-0.39, 0.29) is 0 Å². The molecule has 3 heteroatoms. The third-order valence-electron chi connectivity index (χ3n) is 2.61. The van der Waals surface area contributed by atoms with E-state index in [4.69, 9.17) is 0 Å². The molecular weight excluding hydrogens is 174 g/mol. The Morgan fingerprint density at radius 1 is 1.43 bits per heavy atom. The molecule has 1 aliphatic rings. The highest BCUT2D eigenvalue weighted by Crippen LogP contribution is 2.09. The van der Waals surface area contributed by atoms with Crippen LogP contribution in [-0.2, 0) is 0 Å². The summed E-state index contributed by atoms with van der Waals surface area (Å²) in [6.07, 6.45) is 6.23. The van der Waals surface area contributed by atoms with Gasteiger partial charge in [0.2, 0.25) is 0 Å². The van der Waals surface area contributed by atoms with Gasteiger partial charge in [0.05, 0.1) is 0 Å². The number of likely N-dealkylation sites (tertiary alicyclic amines) is 1. The first-order chi connectivity index (χ1) is 6.76. The van der Waals surface area contributed by atoms with E-state index >= 15 is 0 Å². The van der Waals surface area contributed by atoms with E-state index in [9.17, 15) is 0 Å². The molecular formula is C11H21N3. The molecule has 0 aliphatic carbocycles. The van der Waals surface area contributed by atoms with Crippen molar-refractivity contribution in [1.29, 1.82) is 0 Å². The van der Waals surface area contributed by atoms with Gasteiger partial charge in [-0.25, -0.2) is 0 Å². The van der Waals surface area contributed by atoms with Crippen LogP contribution in [0, 0.1) is 0 Å². The van der Waals surface area contributed by atoms with Gasteiger partial charge in [-0.05, 0) is 39.1 Å². The zero-order valence-corrected chi connectivity index (χ0v) is 9.21. The zero-order valence-electron chi connectivity index (χ0n) is 9.21. The lowest BCUT2D eigenvalue weighted by Gasteiger charge is -2.30. The van der Waals surface area contributed by atoms with Gasteiger partial charge < -0.3 is 15.5 Å². The minimum Gasteiger partial charge on any atom is -0.392 e. The minimum absolute atomic E-state index is 0.601. The molecule has 0 aromatic rings. The molecule has 0 radical (unpaired) electrons. The van der Waals surface area contributed by atoms with Crippen molar-refractivity contribution < 1.29 is 0 Å². The van der Waals surface area contributed by atoms with E-state index in [2.05, 4.69) is 29.2 Å². The summed E-state index contributed by atoms with van der Waals surface area (Å²) < 4.78 is 0. The van der Waals surface area contributed by atoms with Crippen LogP contribution in [0.1, 0.15) is 12.8 Å². The van der Waals surface area contributed by atoms with Crippen LogP contribution in [0.25, 0.3) is 0 Å². The fraction of sp³-hybridized carbons (Fsp3) is 0.636. The first-order valence-electron chi connectivity index (χ1n) is 5.21. The summed E-state index contributed by atoms with van der Waals surface area (Å²) >= 11 is 0. The Morgan fingerprint density at radius 2 is 2.07 bits per heavy atom. The van der Waals surface area contributed by atoms with Crippen LogP contribution in [0.3, 0.4) is 0 Å². The molecule has 1 rings (SSSR count). The molecule has 0 bridgehead atoms. The van der Waals surface area contributed by atoms with Gasteiger partial charge in [-0.1, -0.05) is 6.58 Å². The maximum absolute atomic E-state index is 3.78. The normalized spacial score (nSPS) is 20.6. The molecule has 0 unspecified atom stereocenters. The lowest BCUT2D eigenvalue weighted by atomic mass is 10.1. The van der Waals surface area contributed by atoms with Crippen molar-refractivity contribution in [2.45, 2.75) is 18.9 Å². The molecule has 1 aliphatic heterocycles. The van der Waals surface area contributed by atoms with E-state index in [0.29, 0.717) is 6.04 Å². The molecule has 1 saturated heterocycles. The SMILES string of the molecule is C=C/C(=C\NC)NC1CCN(C)CC1. The maximum atomic E-state index is 3.78. The molecule has 1 fully saturated rings. The standard InChI is InChI=1S/C11H21N3/c1-4-10(9-12-2)13-11-5-7-14(3)8-6-11/h4,9,11-13H,1,5-8H2,2-3H3/b10-9+. The lowest BCUT2D eigenvalue weighted by Crippen LogP contribution is -2.40. The third-order valence-corrected chi connectivity index (χ3v) is 2.61. The number of hydrogen-bond donors (Lipinski definition) is 2. The average molecular weight is 195 g/mol. The Bertz CT molecular complexity index is 203.